The number of benzene rings is 2. The summed E-state index contributed by atoms with van der Waals surface area (Å²) in [6, 6.07) is 12.1. The first kappa shape index (κ1) is 17.3. The number of nitrogens with zero attached hydrogens (tertiary/aromatic N) is 1. The van der Waals surface area contributed by atoms with E-state index in [1.54, 1.807) is 31.3 Å². The third-order valence-electron chi connectivity index (χ3n) is 4.55. The summed E-state index contributed by atoms with van der Waals surface area (Å²) in [5.74, 6) is -0.960. The molecule has 3 nitrogen and oxygen atoms in total. The fourth-order valence-corrected chi connectivity index (χ4v) is 3.15. The van der Waals surface area contributed by atoms with Gasteiger partial charge in [-0.05, 0) is 30.0 Å². The fourth-order valence-electron chi connectivity index (χ4n) is 3.15. The van der Waals surface area contributed by atoms with Gasteiger partial charge in [-0.15, -0.1) is 0 Å². The Labute approximate surface area is 143 Å². The lowest BCUT2D eigenvalue weighted by atomic mass is 10.0. The third-order valence-corrected chi connectivity index (χ3v) is 4.55. The van der Waals surface area contributed by atoms with Crippen molar-refractivity contribution >= 4 is 5.91 Å². The van der Waals surface area contributed by atoms with E-state index < -0.39 is 23.6 Å². The minimum absolute atomic E-state index is 0.0944. The van der Waals surface area contributed by atoms with Crippen LogP contribution < -0.4 is 0 Å². The van der Waals surface area contributed by atoms with E-state index in [1.165, 1.54) is 23.1 Å². The topological polar surface area (TPSA) is 40.5 Å². The molecule has 6 heteroatoms. The molecule has 0 aliphatic heterocycles. The Balaban J connectivity index is 1.72. The summed E-state index contributed by atoms with van der Waals surface area (Å²) in [6.45, 7) is 0.218. The molecule has 3 rings (SSSR count). The van der Waals surface area contributed by atoms with Gasteiger partial charge in [-0.2, -0.15) is 13.2 Å². The minimum atomic E-state index is -4.42. The van der Waals surface area contributed by atoms with Crippen LogP contribution in [0.1, 0.15) is 29.0 Å². The van der Waals surface area contributed by atoms with Crippen molar-refractivity contribution < 1.29 is 23.1 Å². The number of alkyl halides is 3. The van der Waals surface area contributed by atoms with Crippen molar-refractivity contribution in [2.75, 3.05) is 7.05 Å². The van der Waals surface area contributed by atoms with E-state index >= 15 is 0 Å². The summed E-state index contributed by atoms with van der Waals surface area (Å²) >= 11 is 0. The number of phenolic OH excluding ortho intramolecular Hbond substituents is 1. The van der Waals surface area contributed by atoms with Crippen molar-refractivity contribution in [2.45, 2.75) is 25.1 Å². The number of para-hydroxylation sites is 1. The minimum Gasteiger partial charge on any atom is -0.508 e. The SMILES string of the molecule is CN(Cc1ccccc1O)C(=O)[C@@H]1C[C@H]1c1ccccc1C(F)(F)F. The number of carbonyl (C=O) groups excluding carboxylic acids is 1. The van der Waals surface area contributed by atoms with Crippen molar-refractivity contribution in [1.82, 2.24) is 4.90 Å². The molecule has 1 aliphatic carbocycles. The normalized spacial score (nSPS) is 19.5. The first-order valence-electron chi connectivity index (χ1n) is 7.97. The Kier molecular flexibility index (Phi) is 4.45. The van der Waals surface area contributed by atoms with Crippen LogP contribution in [-0.4, -0.2) is 23.0 Å². The smallest absolute Gasteiger partial charge is 0.416 e. The molecule has 1 N–H and O–H groups in total. The molecule has 0 aromatic heterocycles. The molecule has 1 aliphatic rings. The van der Waals surface area contributed by atoms with Gasteiger partial charge in [-0.1, -0.05) is 36.4 Å². The van der Waals surface area contributed by atoms with Crippen LogP contribution in [0.5, 0.6) is 5.75 Å². The van der Waals surface area contributed by atoms with Gasteiger partial charge in [0.25, 0.3) is 0 Å². The summed E-state index contributed by atoms with van der Waals surface area (Å²) in [5.41, 5.74) is 0.120. The van der Waals surface area contributed by atoms with Crippen molar-refractivity contribution in [3.63, 3.8) is 0 Å². The van der Waals surface area contributed by atoms with Crippen LogP contribution in [0.3, 0.4) is 0 Å². The van der Waals surface area contributed by atoms with Gasteiger partial charge in [0.1, 0.15) is 5.75 Å². The Bertz CT molecular complexity index is 788. The second-order valence-corrected chi connectivity index (χ2v) is 6.36. The Morgan fingerprint density at radius 2 is 1.80 bits per heavy atom. The highest BCUT2D eigenvalue weighted by atomic mass is 19.4. The van der Waals surface area contributed by atoms with Gasteiger partial charge < -0.3 is 10.0 Å². The highest BCUT2D eigenvalue weighted by Gasteiger charge is 2.48. The third kappa shape index (κ3) is 3.62. The van der Waals surface area contributed by atoms with E-state index in [-0.39, 0.29) is 23.8 Å². The maximum absolute atomic E-state index is 13.1. The molecule has 0 saturated heterocycles. The molecule has 0 bridgehead atoms. The van der Waals surface area contributed by atoms with Crippen molar-refractivity contribution in [3.05, 3.63) is 65.2 Å². The van der Waals surface area contributed by atoms with Gasteiger partial charge in [0.15, 0.2) is 0 Å². The van der Waals surface area contributed by atoms with Crippen LogP contribution in [0.2, 0.25) is 0 Å². The number of amides is 1. The molecular formula is C19H18F3NO2. The van der Waals surface area contributed by atoms with E-state index in [0.717, 1.165) is 6.07 Å². The predicted molar refractivity (Wildman–Crippen MR) is 86.9 cm³/mol. The van der Waals surface area contributed by atoms with Crippen LogP contribution in [0.25, 0.3) is 0 Å². The quantitative estimate of drug-likeness (QED) is 0.900. The molecule has 0 heterocycles. The second kappa shape index (κ2) is 6.43. The average Bonchev–Trinajstić information content (AvgIpc) is 3.36. The zero-order valence-electron chi connectivity index (χ0n) is 13.6. The zero-order chi connectivity index (χ0) is 18.2. The van der Waals surface area contributed by atoms with Gasteiger partial charge in [-0.25, -0.2) is 0 Å². The van der Waals surface area contributed by atoms with E-state index in [4.69, 9.17) is 0 Å². The van der Waals surface area contributed by atoms with E-state index in [9.17, 15) is 23.1 Å². The number of carbonyl (C=O) groups is 1. The Morgan fingerprint density at radius 3 is 2.48 bits per heavy atom. The monoisotopic (exact) mass is 349 g/mol. The fraction of sp³-hybridized carbons (Fsp3) is 0.316. The van der Waals surface area contributed by atoms with Gasteiger partial charge in [0.05, 0.1) is 5.56 Å². The average molecular weight is 349 g/mol. The molecule has 1 saturated carbocycles. The largest absolute Gasteiger partial charge is 0.508 e. The van der Waals surface area contributed by atoms with Crippen molar-refractivity contribution in [3.8, 4) is 5.75 Å². The molecule has 1 amide bonds. The summed E-state index contributed by atoms with van der Waals surface area (Å²) in [5, 5.41) is 9.79. The van der Waals surface area contributed by atoms with Crippen molar-refractivity contribution in [1.29, 1.82) is 0 Å². The maximum Gasteiger partial charge on any atom is 0.416 e. The Hall–Kier alpha value is -2.50. The molecule has 2 atom stereocenters. The Morgan fingerprint density at radius 1 is 1.16 bits per heavy atom. The highest BCUT2D eigenvalue weighted by molar-refractivity contribution is 5.83. The number of hydrogen-bond acceptors (Lipinski definition) is 2. The van der Waals surface area contributed by atoms with Crippen LogP contribution in [-0.2, 0) is 17.5 Å². The van der Waals surface area contributed by atoms with Crippen molar-refractivity contribution in [2.24, 2.45) is 5.92 Å². The van der Waals surface area contributed by atoms with Gasteiger partial charge in [0, 0.05) is 25.1 Å². The molecule has 0 unspecified atom stereocenters. The van der Waals surface area contributed by atoms with E-state index in [2.05, 4.69) is 0 Å². The number of aromatic hydroxyl groups is 1. The van der Waals surface area contributed by atoms with Crippen LogP contribution in [0.4, 0.5) is 13.2 Å². The first-order chi connectivity index (χ1) is 11.8. The number of rotatable bonds is 4. The molecule has 132 valence electrons. The predicted octanol–water partition coefficient (Wildman–Crippen LogP) is 4.17. The van der Waals surface area contributed by atoms with Gasteiger partial charge in [-0.3, -0.25) is 4.79 Å². The molecule has 0 spiro atoms. The van der Waals surface area contributed by atoms with Crippen LogP contribution >= 0.6 is 0 Å². The number of hydrogen-bond donors (Lipinski definition) is 1. The molecule has 2 aromatic carbocycles. The summed E-state index contributed by atoms with van der Waals surface area (Å²) in [4.78, 5) is 14.0. The van der Waals surface area contributed by atoms with E-state index in [1.807, 2.05) is 0 Å². The number of halogens is 3. The molecular weight excluding hydrogens is 331 g/mol. The lowest BCUT2D eigenvalue weighted by Gasteiger charge is -2.18. The van der Waals surface area contributed by atoms with Gasteiger partial charge in [0.2, 0.25) is 5.91 Å². The maximum atomic E-state index is 13.1. The molecule has 2 aromatic rings. The van der Waals surface area contributed by atoms with Crippen LogP contribution in [0, 0.1) is 5.92 Å². The molecule has 0 radical (unpaired) electrons. The van der Waals surface area contributed by atoms with Gasteiger partial charge >= 0.3 is 6.18 Å². The molecule has 25 heavy (non-hydrogen) atoms. The lowest BCUT2D eigenvalue weighted by Crippen LogP contribution is -2.28. The standard InChI is InChI=1S/C19H18F3NO2/c1-23(11-12-6-2-5-9-17(12)24)18(25)15-10-14(15)13-7-3-4-8-16(13)19(20,21)22/h2-9,14-15,24H,10-11H2,1H3/t14-,15+/m0/s1. The molecule has 1 fully saturated rings. The van der Waals surface area contributed by atoms with Crippen LogP contribution in [0.15, 0.2) is 48.5 Å². The number of phenols is 1. The summed E-state index contributed by atoms with van der Waals surface area (Å²) < 4.78 is 39.4. The first-order valence-corrected chi connectivity index (χ1v) is 7.97. The lowest BCUT2D eigenvalue weighted by molar-refractivity contribution is -0.138. The second-order valence-electron chi connectivity index (χ2n) is 6.36. The summed E-state index contributed by atoms with van der Waals surface area (Å²) in [6.07, 6.45) is -4.01. The summed E-state index contributed by atoms with van der Waals surface area (Å²) in [7, 11) is 1.60. The zero-order valence-corrected chi connectivity index (χ0v) is 13.6. The van der Waals surface area contributed by atoms with E-state index in [0.29, 0.717) is 12.0 Å². The highest BCUT2D eigenvalue weighted by Crippen LogP contribution is 2.51.